The Hall–Kier alpha value is -0.570. The van der Waals surface area contributed by atoms with E-state index >= 15 is 0 Å². The Bertz CT molecular complexity index is 342. The summed E-state index contributed by atoms with van der Waals surface area (Å²) in [5.41, 5.74) is 0. The first-order chi connectivity index (χ1) is 6.99. The van der Waals surface area contributed by atoms with Gasteiger partial charge in [-0.3, -0.25) is 0 Å². The van der Waals surface area contributed by atoms with Crippen LogP contribution in [0.3, 0.4) is 0 Å². The minimum Gasteiger partial charge on any atom is -0.379 e. The average molecular weight is 231 g/mol. The average Bonchev–Trinajstić information content (AvgIpc) is 2.27. The number of rotatable bonds is 2. The van der Waals surface area contributed by atoms with E-state index in [9.17, 15) is 8.42 Å². The molecule has 0 aromatic heterocycles. The molecular weight excluding hydrogens is 214 g/mol. The lowest BCUT2D eigenvalue weighted by Gasteiger charge is -2.29. The Morgan fingerprint density at radius 2 is 2.27 bits per heavy atom. The van der Waals surface area contributed by atoms with E-state index in [0.717, 1.165) is 0 Å². The minimum atomic E-state index is -3.25. The molecule has 1 saturated heterocycles. The van der Waals surface area contributed by atoms with E-state index in [-0.39, 0.29) is 30.9 Å². The quantitative estimate of drug-likeness (QED) is 0.642. The molecule has 0 aromatic rings. The van der Waals surface area contributed by atoms with Gasteiger partial charge in [0.15, 0.2) is 0 Å². The van der Waals surface area contributed by atoms with Gasteiger partial charge in [-0.15, -0.1) is 6.42 Å². The maximum absolute atomic E-state index is 11.9. The zero-order chi connectivity index (χ0) is 11.5. The summed E-state index contributed by atoms with van der Waals surface area (Å²) in [5.74, 6) is 2.62. The van der Waals surface area contributed by atoms with Gasteiger partial charge in [0, 0.05) is 0 Å². The van der Waals surface area contributed by atoms with Crippen LogP contribution in [0, 0.1) is 18.3 Å². The van der Waals surface area contributed by atoms with Gasteiger partial charge in [0.05, 0.1) is 31.6 Å². The van der Waals surface area contributed by atoms with Crippen LogP contribution in [-0.4, -0.2) is 44.3 Å². The highest BCUT2D eigenvalue weighted by atomic mass is 32.2. The number of hydrogen-bond acceptors (Lipinski definition) is 3. The molecular formula is C10H17NO3S. The summed E-state index contributed by atoms with van der Waals surface area (Å²) < 4.78 is 30.4. The van der Waals surface area contributed by atoms with Crippen molar-refractivity contribution in [2.45, 2.75) is 19.9 Å². The molecule has 0 aliphatic carbocycles. The first kappa shape index (κ1) is 12.5. The zero-order valence-corrected chi connectivity index (χ0v) is 9.96. The van der Waals surface area contributed by atoms with Gasteiger partial charge in [0.25, 0.3) is 0 Å². The van der Waals surface area contributed by atoms with Crippen LogP contribution in [0.5, 0.6) is 0 Å². The van der Waals surface area contributed by atoms with Crippen molar-refractivity contribution in [3.05, 3.63) is 0 Å². The van der Waals surface area contributed by atoms with Crippen molar-refractivity contribution in [1.29, 1.82) is 0 Å². The second-order valence-corrected chi connectivity index (χ2v) is 5.99. The number of nitrogens with zero attached hydrogens (tertiary/aromatic N) is 1. The van der Waals surface area contributed by atoms with E-state index in [2.05, 4.69) is 5.92 Å². The molecule has 15 heavy (non-hydrogen) atoms. The minimum absolute atomic E-state index is 0.0257. The summed E-state index contributed by atoms with van der Waals surface area (Å²) in [6.45, 7) is 4.76. The van der Waals surface area contributed by atoms with Gasteiger partial charge in [0.2, 0.25) is 10.0 Å². The van der Waals surface area contributed by atoms with E-state index in [4.69, 9.17) is 11.2 Å². The van der Waals surface area contributed by atoms with Crippen LogP contribution in [0.2, 0.25) is 0 Å². The Morgan fingerprint density at radius 1 is 1.60 bits per heavy atom. The predicted octanol–water partition coefficient (Wildman–Crippen LogP) is 0.306. The molecule has 0 saturated carbocycles. The van der Waals surface area contributed by atoms with Crippen LogP contribution >= 0.6 is 0 Å². The molecule has 1 rings (SSSR count). The van der Waals surface area contributed by atoms with Gasteiger partial charge in [-0.2, -0.15) is 4.31 Å². The van der Waals surface area contributed by atoms with E-state index in [0.29, 0.717) is 6.61 Å². The van der Waals surface area contributed by atoms with Gasteiger partial charge < -0.3 is 4.74 Å². The first-order valence-electron chi connectivity index (χ1n) is 4.99. The molecule has 0 spiro atoms. The summed E-state index contributed by atoms with van der Waals surface area (Å²) in [7, 11) is -3.25. The summed E-state index contributed by atoms with van der Waals surface area (Å²) in [5, 5.41) is 0. The third-order valence-electron chi connectivity index (χ3n) is 2.52. The normalized spacial score (nSPS) is 27.2. The monoisotopic (exact) mass is 231 g/mol. The molecule has 1 heterocycles. The van der Waals surface area contributed by atoms with Crippen molar-refractivity contribution >= 4 is 10.0 Å². The standard InChI is InChI=1S/C10H17NO3S/c1-4-5-11-10(9(2)3)8-14-6-7-15(11,12)13/h1,9-10H,5-8H2,2-3H3/t10-/m1/s1. The highest BCUT2D eigenvalue weighted by Gasteiger charge is 2.33. The molecule has 1 atom stereocenters. The smallest absolute Gasteiger partial charge is 0.217 e. The molecule has 86 valence electrons. The largest absolute Gasteiger partial charge is 0.379 e. The lowest BCUT2D eigenvalue weighted by Crippen LogP contribution is -2.44. The van der Waals surface area contributed by atoms with E-state index in [1.54, 1.807) is 0 Å². The highest BCUT2D eigenvalue weighted by molar-refractivity contribution is 7.89. The van der Waals surface area contributed by atoms with Crippen molar-refractivity contribution in [2.75, 3.05) is 25.5 Å². The maximum atomic E-state index is 11.9. The highest BCUT2D eigenvalue weighted by Crippen LogP contribution is 2.18. The summed E-state index contributed by atoms with van der Waals surface area (Å²) in [6, 6.07) is -0.145. The third kappa shape index (κ3) is 2.94. The fourth-order valence-corrected chi connectivity index (χ4v) is 3.16. The summed E-state index contributed by atoms with van der Waals surface area (Å²) in [4.78, 5) is 0. The SMILES string of the molecule is C#CCN1[C@@H](C(C)C)COCCS1(=O)=O. The summed E-state index contributed by atoms with van der Waals surface area (Å²) in [6.07, 6.45) is 5.20. The molecule has 0 radical (unpaired) electrons. The Kier molecular flexibility index (Phi) is 4.14. The van der Waals surface area contributed by atoms with Gasteiger partial charge >= 0.3 is 0 Å². The second-order valence-electron chi connectivity index (χ2n) is 3.95. The molecule has 0 unspecified atom stereocenters. The predicted molar refractivity (Wildman–Crippen MR) is 58.8 cm³/mol. The third-order valence-corrected chi connectivity index (χ3v) is 4.32. The molecule has 0 aromatic carbocycles. The van der Waals surface area contributed by atoms with Gasteiger partial charge in [0.1, 0.15) is 0 Å². The van der Waals surface area contributed by atoms with Gasteiger partial charge in [-0.05, 0) is 5.92 Å². The molecule has 1 fully saturated rings. The molecule has 1 aliphatic rings. The fraction of sp³-hybridized carbons (Fsp3) is 0.800. The fourth-order valence-electron chi connectivity index (χ4n) is 1.61. The van der Waals surface area contributed by atoms with Crippen LogP contribution in [0.15, 0.2) is 0 Å². The van der Waals surface area contributed by atoms with Crippen LogP contribution < -0.4 is 0 Å². The molecule has 5 heteroatoms. The van der Waals surface area contributed by atoms with E-state index < -0.39 is 10.0 Å². The van der Waals surface area contributed by atoms with Crippen LogP contribution in [0.4, 0.5) is 0 Å². The topological polar surface area (TPSA) is 46.6 Å². The molecule has 0 amide bonds. The summed E-state index contributed by atoms with van der Waals surface area (Å²) >= 11 is 0. The molecule has 0 N–H and O–H groups in total. The van der Waals surface area contributed by atoms with Crippen LogP contribution in [-0.2, 0) is 14.8 Å². The van der Waals surface area contributed by atoms with E-state index in [1.807, 2.05) is 13.8 Å². The number of sulfonamides is 1. The Balaban J connectivity index is 2.98. The number of ether oxygens (including phenoxy) is 1. The van der Waals surface area contributed by atoms with Crippen molar-refractivity contribution in [2.24, 2.45) is 5.92 Å². The van der Waals surface area contributed by atoms with Gasteiger partial charge in [-0.25, -0.2) is 8.42 Å². The number of terminal acetylenes is 1. The van der Waals surface area contributed by atoms with Crippen molar-refractivity contribution in [3.63, 3.8) is 0 Å². The second kappa shape index (κ2) is 4.97. The van der Waals surface area contributed by atoms with E-state index in [1.165, 1.54) is 4.31 Å². The number of hydrogen-bond donors (Lipinski definition) is 0. The molecule has 1 aliphatic heterocycles. The Labute approximate surface area is 91.7 Å². The van der Waals surface area contributed by atoms with Gasteiger partial charge in [-0.1, -0.05) is 19.8 Å². The lowest BCUT2D eigenvalue weighted by molar-refractivity contribution is 0.0957. The molecule has 0 bridgehead atoms. The Morgan fingerprint density at radius 3 is 2.80 bits per heavy atom. The van der Waals surface area contributed by atoms with Crippen LogP contribution in [0.25, 0.3) is 0 Å². The van der Waals surface area contributed by atoms with Crippen molar-refractivity contribution in [1.82, 2.24) is 4.31 Å². The van der Waals surface area contributed by atoms with Crippen LogP contribution in [0.1, 0.15) is 13.8 Å². The van der Waals surface area contributed by atoms with Crippen molar-refractivity contribution < 1.29 is 13.2 Å². The molecule has 4 nitrogen and oxygen atoms in total. The zero-order valence-electron chi connectivity index (χ0n) is 9.14. The lowest BCUT2D eigenvalue weighted by atomic mass is 10.1. The van der Waals surface area contributed by atoms with Crippen molar-refractivity contribution in [3.8, 4) is 12.3 Å². The first-order valence-corrected chi connectivity index (χ1v) is 6.60. The maximum Gasteiger partial charge on any atom is 0.217 e.